The molecule has 0 bridgehead atoms. The maximum Gasteiger partial charge on any atom is 0.491 e. The third-order valence-corrected chi connectivity index (χ3v) is 6.17. The second-order valence-corrected chi connectivity index (χ2v) is 10.2. The number of amides is 3. The molecule has 1 aromatic heterocycles. The number of nitrogens with zero attached hydrogens (tertiary/aromatic N) is 4. The third kappa shape index (κ3) is 7.02. The van der Waals surface area contributed by atoms with Crippen LogP contribution in [0.25, 0.3) is 11.3 Å². The van der Waals surface area contributed by atoms with E-state index in [1.54, 1.807) is 13.8 Å². The van der Waals surface area contributed by atoms with Crippen LogP contribution in [0.2, 0.25) is 0 Å². The van der Waals surface area contributed by atoms with Crippen molar-refractivity contribution in [2.45, 2.75) is 32.6 Å². The standard InChI is InChI=1S/C28H28F5N7O4/c1-14(2)36-24(41)16-9-8-15(12-20(16)44-25(42)28(31,32)33)21-17-13-35-27(43)40(22-18(29)6-5-7-19(22)30)23(17)38-26(37-21)34-10-11-39(3)4/h5-9,12,14H,10-11,13H2,1-4H3,(H,35,43)(H,36,41)(H,34,37,38). The Kier molecular flexibility index (Phi) is 9.32. The lowest BCUT2D eigenvalue weighted by Crippen LogP contribution is -2.43. The highest BCUT2D eigenvalue weighted by Gasteiger charge is 2.42. The Hall–Kier alpha value is -4.86. The number of likely N-dealkylation sites (N-methyl/N-ethyl adjacent to an activating group) is 1. The molecule has 4 rings (SSSR count). The number of carbonyl (C=O) groups excluding carboxylic acids is 3. The van der Waals surface area contributed by atoms with Gasteiger partial charge >= 0.3 is 18.2 Å². The molecule has 0 radical (unpaired) electrons. The molecular weight excluding hydrogens is 593 g/mol. The molecule has 234 valence electrons. The molecule has 0 unspecified atom stereocenters. The van der Waals surface area contributed by atoms with Gasteiger partial charge in [0, 0.05) is 30.3 Å². The number of alkyl halides is 3. The monoisotopic (exact) mass is 621 g/mol. The topological polar surface area (TPSA) is 129 Å². The Morgan fingerprint density at radius 3 is 2.41 bits per heavy atom. The van der Waals surface area contributed by atoms with E-state index < -0.39 is 53.2 Å². The van der Waals surface area contributed by atoms with Crippen molar-refractivity contribution in [1.82, 2.24) is 25.5 Å². The molecule has 2 aromatic carbocycles. The molecule has 2 heterocycles. The molecule has 0 fully saturated rings. The molecule has 44 heavy (non-hydrogen) atoms. The minimum atomic E-state index is -5.37. The third-order valence-electron chi connectivity index (χ3n) is 6.17. The number of ether oxygens (including phenoxy) is 1. The SMILES string of the molecule is CC(C)NC(=O)c1ccc(-c2nc(NCCN(C)C)nc3c2CNC(=O)N3c2c(F)cccc2F)cc1OC(=O)C(F)(F)F. The van der Waals surface area contributed by atoms with Crippen molar-refractivity contribution >= 4 is 35.4 Å². The molecular formula is C28H28F5N7O4. The number of para-hydroxylation sites is 1. The lowest BCUT2D eigenvalue weighted by molar-refractivity contribution is -0.189. The zero-order chi connectivity index (χ0) is 32.3. The van der Waals surface area contributed by atoms with Crippen molar-refractivity contribution in [3.05, 3.63) is 59.2 Å². The van der Waals surface area contributed by atoms with Gasteiger partial charge in [0.1, 0.15) is 23.1 Å². The van der Waals surface area contributed by atoms with Crippen molar-refractivity contribution in [2.24, 2.45) is 0 Å². The van der Waals surface area contributed by atoms with E-state index in [1.165, 1.54) is 6.07 Å². The summed E-state index contributed by atoms with van der Waals surface area (Å²) in [5.74, 6) is -6.47. The number of urea groups is 1. The van der Waals surface area contributed by atoms with Crippen LogP contribution in [0, 0.1) is 11.6 Å². The highest BCUT2D eigenvalue weighted by molar-refractivity contribution is 6.02. The van der Waals surface area contributed by atoms with E-state index in [-0.39, 0.29) is 40.7 Å². The molecule has 16 heteroatoms. The first kappa shape index (κ1) is 32.1. The number of nitrogens with one attached hydrogen (secondary N) is 3. The van der Waals surface area contributed by atoms with Crippen LogP contribution in [0.3, 0.4) is 0 Å². The number of fused-ring (bicyclic) bond motifs is 1. The smallest absolute Gasteiger partial charge is 0.419 e. The number of hydrogen-bond donors (Lipinski definition) is 3. The van der Waals surface area contributed by atoms with Gasteiger partial charge < -0.3 is 25.6 Å². The number of rotatable bonds is 9. The van der Waals surface area contributed by atoms with Gasteiger partial charge in [0.05, 0.1) is 17.8 Å². The summed E-state index contributed by atoms with van der Waals surface area (Å²) >= 11 is 0. The van der Waals surface area contributed by atoms with E-state index in [0.29, 0.717) is 18.0 Å². The minimum absolute atomic E-state index is 0.0178. The number of carbonyl (C=O) groups is 3. The summed E-state index contributed by atoms with van der Waals surface area (Å²) < 4.78 is 73.8. The second-order valence-electron chi connectivity index (χ2n) is 10.2. The van der Waals surface area contributed by atoms with Crippen LogP contribution >= 0.6 is 0 Å². The van der Waals surface area contributed by atoms with Gasteiger partial charge in [-0.2, -0.15) is 18.2 Å². The van der Waals surface area contributed by atoms with Gasteiger partial charge in [0.2, 0.25) is 5.95 Å². The van der Waals surface area contributed by atoms with E-state index >= 15 is 0 Å². The van der Waals surface area contributed by atoms with Crippen molar-refractivity contribution in [1.29, 1.82) is 0 Å². The average Bonchev–Trinajstić information content (AvgIpc) is 2.92. The number of aromatic nitrogens is 2. The Balaban J connectivity index is 1.93. The molecule has 0 spiro atoms. The molecule has 3 amide bonds. The Morgan fingerprint density at radius 1 is 1.11 bits per heavy atom. The van der Waals surface area contributed by atoms with Crippen molar-refractivity contribution < 1.29 is 41.1 Å². The molecule has 1 aliphatic rings. The molecule has 3 N–H and O–H groups in total. The van der Waals surface area contributed by atoms with Crippen LogP contribution in [0.15, 0.2) is 36.4 Å². The molecule has 1 aliphatic heterocycles. The predicted octanol–water partition coefficient (Wildman–Crippen LogP) is 4.36. The van der Waals surface area contributed by atoms with Crippen molar-refractivity contribution in [3.8, 4) is 17.0 Å². The number of esters is 1. The number of anilines is 3. The van der Waals surface area contributed by atoms with Crippen LogP contribution in [0.4, 0.5) is 44.2 Å². The predicted molar refractivity (Wildman–Crippen MR) is 150 cm³/mol. The van der Waals surface area contributed by atoms with E-state index in [1.807, 2.05) is 19.0 Å². The number of hydrogen-bond acceptors (Lipinski definition) is 8. The fraction of sp³-hybridized carbons (Fsp3) is 0.321. The molecule has 0 aliphatic carbocycles. The van der Waals surface area contributed by atoms with E-state index in [2.05, 4.69) is 30.7 Å². The summed E-state index contributed by atoms with van der Waals surface area (Å²) in [6.07, 6.45) is -5.37. The van der Waals surface area contributed by atoms with Crippen LogP contribution in [-0.4, -0.2) is 72.2 Å². The van der Waals surface area contributed by atoms with Crippen molar-refractivity contribution in [3.63, 3.8) is 0 Å². The van der Waals surface area contributed by atoms with E-state index in [0.717, 1.165) is 30.3 Å². The van der Waals surface area contributed by atoms with Gasteiger partial charge in [0.15, 0.2) is 5.82 Å². The fourth-order valence-corrected chi connectivity index (χ4v) is 4.22. The summed E-state index contributed by atoms with van der Waals surface area (Å²) in [6, 6.07) is 5.25. The zero-order valence-corrected chi connectivity index (χ0v) is 24.0. The number of halogens is 5. The molecule has 0 saturated heterocycles. The van der Waals surface area contributed by atoms with E-state index in [9.17, 15) is 36.3 Å². The molecule has 0 saturated carbocycles. The van der Waals surface area contributed by atoms with Gasteiger partial charge in [-0.3, -0.25) is 4.79 Å². The summed E-state index contributed by atoms with van der Waals surface area (Å²) in [4.78, 5) is 48.9. The zero-order valence-electron chi connectivity index (χ0n) is 24.0. The summed E-state index contributed by atoms with van der Waals surface area (Å²) in [6.45, 7) is 3.84. The second kappa shape index (κ2) is 12.8. The maximum atomic E-state index is 14.9. The normalized spacial score (nSPS) is 13.1. The van der Waals surface area contributed by atoms with Crippen LogP contribution in [0.1, 0.15) is 29.8 Å². The van der Waals surface area contributed by atoms with E-state index in [4.69, 9.17) is 0 Å². The highest BCUT2D eigenvalue weighted by atomic mass is 19.4. The van der Waals surface area contributed by atoms with Crippen LogP contribution in [-0.2, 0) is 11.3 Å². The van der Waals surface area contributed by atoms with Gasteiger partial charge in [-0.15, -0.1) is 0 Å². The number of benzene rings is 2. The van der Waals surface area contributed by atoms with Gasteiger partial charge in [-0.05, 0) is 52.2 Å². The van der Waals surface area contributed by atoms with Crippen LogP contribution < -0.4 is 25.6 Å². The Bertz CT molecular complexity index is 1580. The fourth-order valence-electron chi connectivity index (χ4n) is 4.22. The summed E-state index contributed by atoms with van der Waals surface area (Å²) in [7, 11) is 3.63. The molecule has 3 aromatic rings. The Morgan fingerprint density at radius 2 is 1.80 bits per heavy atom. The van der Waals surface area contributed by atoms with Crippen molar-refractivity contribution in [2.75, 3.05) is 37.4 Å². The Labute approximate surface area is 248 Å². The first-order valence-corrected chi connectivity index (χ1v) is 13.2. The van der Waals surface area contributed by atoms with Crippen LogP contribution in [0.5, 0.6) is 5.75 Å². The minimum Gasteiger partial charge on any atom is -0.419 e. The first-order chi connectivity index (χ1) is 20.7. The first-order valence-electron chi connectivity index (χ1n) is 13.2. The summed E-state index contributed by atoms with van der Waals surface area (Å²) in [5.41, 5.74) is -0.872. The molecule has 11 nitrogen and oxygen atoms in total. The lowest BCUT2D eigenvalue weighted by atomic mass is 10.0. The maximum absolute atomic E-state index is 14.9. The highest BCUT2D eigenvalue weighted by Crippen LogP contribution is 2.39. The van der Waals surface area contributed by atoms with Gasteiger partial charge in [-0.1, -0.05) is 12.1 Å². The lowest BCUT2D eigenvalue weighted by Gasteiger charge is -2.31. The van der Waals surface area contributed by atoms with Gasteiger partial charge in [-0.25, -0.2) is 28.3 Å². The quantitative estimate of drug-likeness (QED) is 0.183. The largest absolute Gasteiger partial charge is 0.491 e. The molecule has 0 atom stereocenters. The average molecular weight is 622 g/mol. The van der Waals surface area contributed by atoms with Gasteiger partial charge in [0.25, 0.3) is 5.91 Å². The summed E-state index contributed by atoms with van der Waals surface area (Å²) in [5, 5.41) is 7.98.